The number of carbonyl (C=O) groups excluding carboxylic acids is 1. The number of amides is 1. The van der Waals surface area contributed by atoms with Crippen LogP contribution in [0.25, 0.3) is 32.9 Å². The van der Waals surface area contributed by atoms with Crippen LogP contribution in [0.2, 0.25) is 10.0 Å². The zero-order valence-corrected chi connectivity index (χ0v) is 30.3. The van der Waals surface area contributed by atoms with Crippen LogP contribution in [0.15, 0.2) is 54.7 Å². The number of carboxylic acid groups (broad SMARTS) is 1. The van der Waals surface area contributed by atoms with Crippen molar-refractivity contribution in [3.63, 3.8) is 0 Å². The molecule has 0 spiro atoms. The lowest BCUT2D eigenvalue weighted by Gasteiger charge is -2.35. The van der Waals surface area contributed by atoms with Crippen LogP contribution in [0, 0.1) is 27.7 Å². The number of nitrogens with zero attached hydrogens (tertiary/aromatic N) is 5. The van der Waals surface area contributed by atoms with Crippen LogP contribution in [-0.2, 0) is 13.5 Å². The van der Waals surface area contributed by atoms with Crippen molar-refractivity contribution in [2.24, 2.45) is 7.05 Å². The van der Waals surface area contributed by atoms with Crippen molar-refractivity contribution in [1.29, 1.82) is 0 Å². The molecule has 50 heavy (non-hydrogen) atoms. The number of benzene rings is 3. The largest absolute Gasteiger partial charge is 0.494 e. The third-order valence-corrected chi connectivity index (χ3v) is 10.7. The molecule has 4 heterocycles. The molecular formula is C39H37Cl2N5O4. The zero-order valence-electron chi connectivity index (χ0n) is 28.8. The lowest BCUT2D eigenvalue weighted by Crippen LogP contribution is -2.42. The average Bonchev–Trinajstić information content (AvgIpc) is 3.55. The first-order valence-electron chi connectivity index (χ1n) is 16.6. The van der Waals surface area contributed by atoms with Crippen molar-refractivity contribution >= 4 is 62.6 Å². The fraction of sp³-hybridized carbons (Fsp3) is 0.282. The second-order valence-corrected chi connectivity index (χ2v) is 13.9. The Kier molecular flexibility index (Phi) is 8.60. The number of aryl methyl sites for hydroxylation is 5. The van der Waals surface area contributed by atoms with Crippen LogP contribution >= 0.6 is 23.2 Å². The van der Waals surface area contributed by atoms with Crippen molar-refractivity contribution in [3.05, 3.63) is 104 Å². The highest BCUT2D eigenvalue weighted by atomic mass is 35.5. The number of fused-ring (bicyclic) bond motifs is 4. The summed E-state index contributed by atoms with van der Waals surface area (Å²) in [6.07, 6.45) is 2.79. The monoisotopic (exact) mass is 709 g/mol. The van der Waals surface area contributed by atoms with Gasteiger partial charge in [0, 0.05) is 58.4 Å². The van der Waals surface area contributed by atoms with Gasteiger partial charge in [0.2, 0.25) is 0 Å². The van der Waals surface area contributed by atoms with E-state index in [4.69, 9.17) is 33.0 Å². The molecule has 1 amide bonds. The Morgan fingerprint density at radius 3 is 2.44 bits per heavy atom. The van der Waals surface area contributed by atoms with Gasteiger partial charge in [0.05, 0.1) is 39.6 Å². The summed E-state index contributed by atoms with van der Waals surface area (Å²) < 4.78 is 10.2. The van der Waals surface area contributed by atoms with Gasteiger partial charge in [0.15, 0.2) is 0 Å². The van der Waals surface area contributed by atoms with E-state index in [0.717, 1.165) is 60.9 Å². The van der Waals surface area contributed by atoms with Gasteiger partial charge in [-0.1, -0.05) is 41.4 Å². The summed E-state index contributed by atoms with van der Waals surface area (Å²) in [5, 5.41) is 17.4. The maximum absolute atomic E-state index is 14.9. The number of pyridine rings is 1. The first-order chi connectivity index (χ1) is 23.9. The van der Waals surface area contributed by atoms with Crippen molar-refractivity contribution in [1.82, 2.24) is 19.3 Å². The highest BCUT2D eigenvalue weighted by Gasteiger charge is 2.37. The van der Waals surface area contributed by atoms with Crippen molar-refractivity contribution in [2.75, 3.05) is 18.1 Å². The van der Waals surface area contributed by atoms with Gasteiger partial charge in [-0.3, -0.25) is 14.5 Å². The molecule has 7 rings (SSSR count). The van der Waals surface area contributed by atoms with Crippen LogP contribution < -0.4 is 9.64 Å². The summed E-state index contributed by atoms with van der Waals surface area (Å²) in [4.78, 5) is 33.1. The minimum Gasteiger partial charge on any atom is -0.494 e. The topological polar surface area (TPSA) is 102 Å². The SMILES string of the molecule is Cc1cc(OCCCc2c3n(c4c(-c5c(C)nn(C)c5C)c(Cl)ccc24)C(C)CN(c2ccnc4c(C(=O)O)cccc24)C3=O)cc(C)c1Cl. The molecule has 9 nitrogen and oxygen atoms in total. The van der Waals surface area contributed by atoms with Gasteiger partial charge in [-0.2, -0.15) is 5.10 Å². The van der Waals surface area contributed by atoms with Gasteiger partial charge in [0.1, 0.15) is 11.4 Å². The van der Waals surface area contributed by atoms with Crippen LogP contribution in [0.4, 0.5) is 5.69 Å². The second kappa shape index (κ2) is 12.8. The zero-order chi connectivity index (χ0) is 35.6. The second-order valence-electron chi connectivity index (χ2n) is 13.1. The summed E-state index contributed by atoms with van der Waals surface area (Å²) in [5.74, 6) is -0.488. The van der Waals surface area contributed by atoms with Gasteiger partial charge < -0.3 is 19.3 Å². The van der Waals surface area contributed by atoms with E-state index >= 15 is 0 Å². The standard InChI is InChI=1S/C39H37Cl2N5O4/c1-20-17-25(18-21(2)34(20)41)50-16-8-11-26-27-12-13-30(40)33(32-23(4)43-44(6)24(32)5)36(27)46-22(3)19-45(38(47)37(26)46)31-14-15-42-35-28(31)9-7-10-29(35)39(48)49/h7,9-10,12-15,17-18,22H,8,11,16,19H2,1-6H3,(H,48,49). The molecule has 0 bridgehead atoms. The molecule has 6 aromatic rings. The summed E-state index contributed by atoms with van der Waals surface area (Å²) in [6.45, 7) is 10.8. The van der Waals surface area contributed by atoms with Crippen LogP contribution in [0.3, 0.4) is 0 Å². The third-order valence-electron chi connectivity index (χ3n) is 9.83. The molecule has 0 aliphatic carbocycles. The van der Waals surface area contributed by atoms with Crippen LogP contribution in [-0.4, -0.2) is 49.5 Å². The number of para-hydroxylation sites is 1. The Morgan fingerprint density at radius 2 is 1.76 bits per heavy atom. The molecule has 1 atom stereocenters. The number of hydrogen-bond acceptors (Lipinski definition) is 5. The highest BCUT2D eigenvalue weighted by molar-refractivity contribution is 6.35. The third kappa shape index (κ3) is 5.40. The van der Waals surface area contributed by atoms with Gasteiger partial charge >= 0.3 is 5.97 Å². The number of hydrogen-bond donors (Lipinski definition) is 1. The molecule has 1 unspecified atom stereocenters. The van der Waals surface area contributed by atoms with E-state index in [0.29, 0.717) is 53.3 Å². The number of anilines is 1. The van der Waals surface area contributed by atoms with Gasteiger partial charge in [-0.15, -0.1) is 0 Å². The molecule has 3 aromatic heterocycles. The summed E-state index contributed by atoms with van der Waals surface area (Å²) in [5.41, 5.74) is 9.00. The number of rotatable bonds is 8. The fourth-order valence-electron chi connectivity index (χ4n) is 7.51. The highest BCUT2D eigenvalue weighted by Crippen LogP contribution is 2.45. The number of halogens is 2. The maximum atomic E-state index is 14.9. The van der Waals surface area contributed by atoms with Crippen molar-refractivity contribution in [2.45, 2.75) is 53.5 Å². The molecule has 0 saturated carbocycles. The molecule has 0 saturated heterocycles. The Morgan fingerprint density at radius 1 is 1.02 bits per heavy atom. The quantitative estimate of drug-likeness (QED) is 0.158. The van der Waals surface area contributed by atoms with Crippen LogP contribution in [0.1, 0.15) is 68.3 Å². The molecule has 3 aromatic carbocycles. The molecule has 256 valence electrons. The Bertz CT molecular complexity index is 2350. The van der Waals surface area contributed by atoms with Crippen molar-refractivity contribution in [3.8, 4) is 16.9 Å². The minimum atomic E-state index is -1.07. The molecule has 1 aliphatic rings. The Labute approximate surface area is 300 Å². The number of carboxylic acids is 1. The average molecular weight is 711 g/mol. The van der Waals surface area contributed by atoms with E-state index in [9.17, 15) is 14.7 Å². The smallest absolute Gasteiger partial charge is 0.337 e. The molecule has 11 heteroatoms. The van der Waals surface area contributed by atoms with E-state index in [2.05, 4.69) is 16.5 Å². The van der Waals surface area contributed by atoms with Gasteiger partial charge in [-0.25, -0.2) is 4.79 Å². The summed E-state index contributed by atoms with van der Waals surface area (Å²) >= 11 is 13.4. The predicted octanol–water partition coefficient (Wildman–Crippen LogP) is 9.06. The fourth-order valence-corrected chi connectivity index (χ4v) is 7.86. The van der Waals surface area contributed by atoms with Crippen LogP contribution in [0.5, 0.6) is 5.75 Å². The summed E-state index contributed by atoms with van der Waals surface area (Å²) in [6, 6.07) is 14.5. The molecule has 0 radical (unpaired) electrons. The maximum Gasteiger partial charge on any atom is 0.337 e. The van der Waals surface area contributed by atoms with Gasteiger partial charge in [-0.05, 0) is 94.5 Å². The first kappa shape index (κ1) is 33.6. The number of aromatic nitrogens is 4. The number of aromatic carboxylic acids is 1. The van der Waals surface area contributed by atoms with E-state index in [1.165, 1.54) is 6.07 Å². The van der Waals surface area contributed by atoms with E-state index in [1.807, 2.05) is 69.8 Å². The number of ether oxygens (including phenoxy) is 1. The van der Waals surface area contributed by atoms with E-state index < -0.39 is 5.97 Å². The van der Waals surface area contributed by atoms with Gasteiger partial charge in [0.25, 0.3) is 5.91 Å². The molecule has 0 fully saturated rings. The minimum absolute atomic E-state index is 0.0872. The van der Waals surface area contributed by atoms with Crippen molar-refractivity contribution < 1.29 is 19.4 Å². The lowest BCUT2D eigenvalue weighted by atomic mass is 9.98. The Balaban J connectivity index is 1.38. The number of carbonyl (C=O) groups is 2. The Hall–Kier alpha value is -4.86. The normalized spacial score (nSPS) is 14.5. The molecule has 1 aliphatic heterocycles. The lowest BCUT2D eigenvalue weighted by molar-refractivity contribution is 0.0698. The predicted molar refractivity (Wildman–Crippen MR) is 198 cm³/mol. The van der Waals surface area contributed by atoms with E-state index in [-0.39, 0.29) is 17.5 Å². The molecular weight excluding hydrogens is 673 g/mol. The molecule has 1 N–H and O–H groups in total. The first-order valence-corrected chi connectivity index (χ1v) is 17.3. The summed E-state index contributed by atoms with van der Waals surface area (Å²) in [7, 11) is 1.92. The van der Waals surface area contributed by atoms with E-state index in [1.54, 1.807) is 23.2 Å².